The number of nitrogens with one attached hydrogen (secondary N) is 3. The molecule has 5 aromatic rings. The summed E-state index contributed by atoms with van der Waals surface area (Å²) in [6.45, 7) is 22.6. The number of methoxy groups -OCH3 is 2. The fourth-order valence-electron chi connectivity index (χ4n) is 11.4. The molecule has 10 unspecified atom stereocenters. The topological polar surface area (TPSA) is 294 Å². The molecule has 10 atom stereocenters. The molecular formula is C58H84Ac2ClN9O16Si2. The fourth-order valence-corrected chi connectivity index (χ4v) is 22.6. The third-order valence-corrected chi connectivity index (χ3v) is 26.3. The molecule has 0 aliphatic carbocycles. The second kappa shape index (κ2) is 32.9. The summed E-state index contributed by atoms with van der Waals surface area (Å²) in [6, 6.07) is 13.1. The maximum Gasteiger partial charge on any atom is 0.351 e. The molecule has 2 radical (unpaired) electrons. The van der Waals surface area contributed by atoms with Crippen LogP contribution in [0, 0.1) is 102 Å². The summed E-state index contributed by atoms with van der Waals surface area (Å²) in [7, 11) is -5.30. The van der Waals surface area contributed by atoms with E-state index < -0.39 is 84.4 Å². The second-order valence-corrected chi connectivity index (χ2v) is 31.8. The Balaban J connectivity index is 0.000000221. The molecule has 88 heavy (non-hydrogen) atoms. The van der Waals surface area contributed by atoms with Gasteiger partial charge in [-0.2, -0.15) is 15.0 Å². The van der Waals surface area contributed by atoms with Crippen molar-refractivity contribution in [2.45, 2.75) is 166 Å². The molecule has 0 saturated carbocycles. The molecular weight excluding hydrogens is 1620 g/mol. The minimum atomic E-state index is -2.76. The van der Waals surface area contributed by atoms with Gasteiger partial charge in [-0.05, 0) is 65.3 Å². The standard InChI is InChI=1S/C28H43N3O6Si2.C17H19N3O5.C12H19N3O5.CH3Cl.2Ac/c1-16(2)38(17(3)4)33-15-24-22(36-39(37-38,18(5)6)19(7)8)13-25(35-24)31-14-23-27(30-28(31)32)29-26-20(9)11-10-12-21(26)34-23;1-9-4-3-5-11-15(9)18-16-12(24-11)7-20(17(22)19-16)14-6-10(21)13(25-14)8-23-2;1-19-5-3-13-10-2-4-15(12(18)14-10)11-6-8(17)9(7-16)20-11;1-2;;/h10-12,14,16-19,22,24-25H,13,15H2,1-9H3,(H,29,30,32);3-5,7,10,13-14,21H,6,8H2,1-2H3,(H,18,19,22);2,4,8-9,11,16-17H,3,5-7H2,1H3,(H,13,14,18);1H3;;/i;2TD;;;;. The Hall–Kier alpha value is -2.75. The third kappa shape index (κ3) is 16.4. The van der Waals surface area contributed by atoms with E-state index in [1.165, 1.54) is 26.3 Å². The Morgan fingerprint density at radius 3 is 1.69 bits per heavy atom. The predicted octanol–water partition coefficient (Wildman–Crippen LogP) is 8.14. The van der Waals surface area contributed by atoms with Crippen LogP contribution in [-0.4, -0.2) is 151 Å². The Morgan fingerprint density at radius 2 is 1.20 bits per heavy atom. The molecule has 0 spiro atoms. The van der Waals surface area contributed by atoms with E-state index >= 15 is 0 Å². The zero-order valence-electron chi connectivity index (χ0n) is 53.9. The van der Waals surface area contributed by atoms with E-state index in [4.69, 9.17) is 54.0 Å². The Labute approximate surface area is 594 Å². The predicted molar refractivity (Wildman–Crippen MR) is 327 cm³/mol. The number of para-hydroxylation sites is 2. The number of alkyl halides is 1. The zero-order valence-corrected chi connectivity index (χ0v) is 64.1. The number of hydrogen-bond acceptors (Lipinski definition) is 22. The molecule has 30 heteroatoms. The number of halogens is 1. The van der Waals surface area contributed by atoms with Crippen LogP contribution < -0.4 is 42.5 Å². The van der Waals surface area contributed by atoms with Crippen LogP contribution in [0.1, 0.15) is 107 Å². The van der Waals surface area contributed by atoms with Crippen LogP contribution in [0.15, 0.2) is 75.4 Å². The van der Waals surface area contributed by atoms with Gasteiger partial charge in [-0.15, -0.1) is 11.6 Å². The van der Waals surface area contributed by atoms with Crippen molar-refractivity contribution in [2.75, 3.05) is 69.5 Å². The van der Waals surface area contributed by atoms with E-state index in [2.05, 4.69) is 97.9 Å². The van der Waals surface area contributed by atoms with Gasteiger partial charge in [0.25, 0.3) is 0 Å². The number of aliphatic hydroxyl groups excluding tert-OH is 3. The molecule has 3 aromatic heterocycles. The average Bonchev–Trinajstić information content (AvgIpc) is 1.29. The van der Waals surface area contributed by atoms with E-state index in [1.54, 1.807) is 25.6 Å². The van der Waals surface area contributed by atoms with Crippen molar-refractivity contribution in [3.8, 4) is 23.0 Å². The van der Waals surface area contributed by atoms with Crippen LogP contribution in [0.25, 0.3) is 0 Å². The van der Waals surface area contributed by atoms with E-state index in [0.717, 1.165) is 22.5 Å². The summed E-state index contributed by atoms with van der Waals surface area (Å²) in [5, 5.41) is 38.1. The molecule has 25 nitrogen and oxygen atoms in total. The number of aryl methyl sites for hydroxylation is 2. The van der Waals surface area contributed by atoms with Crippen molar-refractivity contribution in [3.05, 3.63) is 104 Å². The van der Waals surface area contributed by atoms with Crippen LogP contribution in [0.3, 0.4) is 0 Å². The summed E-state index contributed by atoms with van der Waals surface area (Å²) in [5.74, 6) is 3.38. The second-order valence-electron chi connectivity index (χ2n) is 22.9. The van der Waals surface area contributed by atoms with E-state index in [9.17, 15) is 24.6 Å². The van der Waals surface area contributed by atoms with Crippen LogP contribution >= 0.6 is 11.6 Å². The number of fused-ring (bicyclic) bond motifs is 5. The fraction of sp³-hybridized carbons (Fsp3) is 0.586. The summed E-state index contributed by atoms with van der Waals surface area (Å²) < 4.78 is 78.8. The molecule has 6 aliphatic heterocycles. The van der Waals surface area contributed by atoms with Gasteiger partial charge in [0.2, 0.25) is 0 Å². The maximum absolute atomic E-state index is 13.2. The number of benzene rings is 2. The number of aliphatic hydroxyl groups is 3. The number of nitrogens with zero attached hydrogens (tertiary/aromatic N) is 6. The molecule has 11 rings (SSSR count). The van der Waals surface area contributed by atoms with E-state index in [0.29, 0.717) is 66.6 Å². The Kier molecular flexibility index (Phi) is 26.6. The first-order valence-electron chi connectivity index (χ1n) is 30.1. The normalized spacial score (nSPS) is 24.8. The van der Waals surface area contributed by atoms with E-state index in [-0.39, 0.29) is 149 Å². The van der Waals surface area contributed by atoms with Gasteiger partial charge in [0.15, 0.2) is 34.6 Å². The van der Waals surface area contributed by atoms with Gasteiger partial charge in [0, 0.05) is 141 Å². The number of aromatic nitrogens is 6. The van der Waals surface area contributed by atoms with Crippen LogP contribution in [0.4, 0.5) is 28.8 Å². The number of anilines is 5. The SMILES string of the molecule is CCl.COCCNc1ccn(C2CC(O)C(CO)O2)c(=O)n1.Cc1cccc2c1Nc1nc(=O)n(C3CC4O[Si](C(C)C)(C(C)C)O[Si](C(C)C)(C(C)C)OCC4O3)cc1O2.[2H]C([3H])OCC1OC(n2cc3c(nc2=O)Nc2c(C)cccc2O3)CC1O.[Ac].[Ac]. The minimum Gasteiger partial charge on any atom is -0.450 e. The van der Waals surface area contributed by atoms with Crippen molar-refractivity contribution < 1.29 is 152 Å². The van der Waals surface area contributed by atoms with Gasteiger partial charge in [-0.1, -0.05) is 79.7 Å². The van der Waals surface area contributed by atoms with Crippen molar-refractivity contribution in [1.82, 2.24) is 28.7 Å². The van der Waals surface area contributed by atoms with Gasteiger partial charge in [0.05, 0.1) is 71.2 Å². The summed E-state index contributed by atoms with van der Waals surface area (Å²) in [4.78, 5) is 49.9. The van der Waals surface area contributed by atoms with Gasteiger partial charge in [-0.3, -0.25) is 13.7 Å². The molecule has 6 aliphatic rings. The van der Waals surface area contributed by atoms with E-state index in [1.807, 2.05) is 50.2 Å². The Morgan fingerprint density at radius 1 is 0.705 bits per heavy atom. The molecule has 0 amide bonds. The summed E-state index contributed by atoms with van der Waals surface area (Å²) in [6.07, 6.45) is 1.67. The average molecular weight is 1710 g/mol. The van der Waals surface area contributed by atoms with Crippen LogP contribution in [0.2, 0.25) is 22.2 Å². The number of hydrogen-bond donors (Lipinski definition) is 6. The molecule has 2 aromatic carbocycles. The Bertz CT molecular complexity index is 3360. The quantitative estimate of drug-likeness (QED) is 0.0340. The van der Waals surface area contributed by atoms with Crippen LogP contribution in [-0.2, 0) is 36.7 Å². The van der Waals surface area contributed by atoms with Crippen molar-refractivity contribution >= 4 is 57.6 Å². The first kappa shape index (κ1) is 71.1. The van der Waals surface area contributed by atoms with Crippen molar-refractivity contribution in [1.29, 1.82) is 0 Å². The van der Waals surface area contributed by atoms with Crippen LogP contribution in [0.5, 0.6) is 23.0 Å². The van der Waals surface area contributed by atoms with Crippen molar-refractivity contribution in [3.63, 3.8) is 0 Å². The third-order valence-electron chi connectivity index (χ3n) is 16.0. The number of rotatable bonds is 14. The molecule has 0 bridgehead atoms. The smallest absolute Gasteiger partial charge is 0.351 e. The summed E-state index contributed by atoms with van der Waals surface area (Å²) in [5.41, 5.74) is 3.11. The molecule has 6 N–H and O–H groups in total. The van der Waals surface area contributed by atoms with Crippen molar-refractivity contribution in [2.24, 2.45) is 0 Å². The summed E-state index contributed by atoms with van der Waals surface area (Å²) >= 11 is 4.64. The molecule has 4 saturated heterocycles. The largest absolute Gasteiger partial charge is 0.450 e. The molecule has 478 valence electrons. The first-order valence-corrected chi connectivity index (χ1v) is 33.6. The van der Waals surface area contributed by atoms with Gasteiger partial charge in [-0.25, -0.2) is 14.4 Å². The monoisotopic (exact) mass is 1710 g/mol. The van der Waals surface area contributed by atoms with Gasteiger partial charge < -0.3 is 77.4 Å². The zero-order chi connectivity index (χ0) is 63.9. The minimum absolute atomic E-state index is 0. The van der Waals surface area contributed by atoms with Gasteiger partial charge in [0.1, 0.15) is 42.8 Å². The molecule has 9 heterocycles. The first-order chi connectivity index (χ1) is 41.9. The number of ether oxygens (including phenoxy) is 7. The van der Waals surface area contributed by atoms with Gasteiger partial charge >= 0.3 is 34.2 Å². The molecule has 4 fully saturated rings. The maximum atomic E-state index is 13.2.